The van der Waals surface area contributed by atoms with Crippen LogP contribution in [0.25, 0.3) is 11.3 Å². The van der Waals surface area contributed by atoms with E-state index in [1.165, 1.54) is 6.39 Å². The highest BCUT2D eigenvalue weighted by molar-refractivity contribution is 5.69. The van der Waals surface area contributed by atoms with E-state index in [0.717, 1.165) is 41.8 Å². The second-order valence-electron chi connectivity index (χ2n) is 7.56. The Labute approximate surface area is 186 Å². The molecule has 1 fully saturated rings. The Morgan fingerprint density at radius 2 is 2.25 bits per heavy atom. The zero-order valence-electron chi connectivity index (χ0n) is 18.1. The summed E-state index contributed by atoms with van der Waals surface area (Å²) in [6.07, 6.45) is 9.32. The first kappa shape index (κ1) is 21.8. The minimum Gasteiger partial charge on any atom is -0.496 e. The smallest absolute Gasteiger partial charge is 0.407 e. The van der Waals surface area contributed by atoms with Crippen LogP contribution in [0.4, 0.5) is 10.5 Å². The van der Waals surface area contributed by atoms with E-state index in [4.69, 9.17) is 18.6 Å². The van der Waals surface area contributed by atoms with Crippen LogP contribution in [0.1, 0.15) is 19.3 Å². The molecule has 1 aliphatic carbocycles. The molecule has 9 nitrogen and oxygen atoms in total. The third-order valence-electron chi connectivity index (χ3n) is 5.30. The molecule has 2 heterocycles. The van der Waals surface area contributed by atoms with Crippen molar-refractivity contribution in [3.05, 3.63) is 54.2 Å². The molecule has 0 bridgehead atoms. The monoisotopic (exact) mass is 440 g/mol. The molecule has 32 heavy (non-hydrogen) atoms. The SMILES string of the molecule is COc1cc(NCNC2=CCCC(CNC(=O)O[C@H]3CCOC3)=C2)ccc1-c1cnco1. The van der Waals surface area contributed by atoms with Crippen LogP contribution in [0, 0.1) is 0 Å². The molecule has 0 spiro atoms. The third-order valence-corrected chi connectivity index (χ3v) is 5.30. The number of aromatic nitrogens is 1. The Morgan fingerprint density at radius 3 is 3.03 bits per heavy atom. The normalized spacial score (nSPS) is 17.8. The standard InChI is InChI=1S/C23H28N4O5/c1-29-21-10-18(5-6-20(21)22-12-24-15-31-22)27-14-26-17-4-2-3-16(9-17)11-25-23(28)32-19-7-8-30-13-19/h4-6,9-10,12,15,19,26-27H,2-3,7-8,11,13-14H2,1H3,(H,25,28)/t19-/m0/s1. The van der Waals surface area contributed by atoms with E-state index in [2.05, 4.69) is 33.1 Å². The zero-order valence-corrected chi connectivity index (χ0v) is 18.1. The number of methoxy groups -OCH3 is 1. The summed E-state index contributed by atoms with van der Waals surface area (Å²) in [6, 6.07) is 5.81. The van der Waals surface area contributed by atoms with Crippen LogP contribution in [0.15, 0.2) is 58.6 Å². The maximum Gasteiger partial charge on any atom is 0.407 e. The van der Waals surface area contributed by atoms with Gasteiger partial charge in [0, 0.05) is 30.4 Å². The number of ether oxygens (including phenoxy) is 3. The average molecular weight is 441 g/mol. The Morgan fingerprint density at radius 1 is 1.31 bits per heavy atom. The number of nitrogens with zero attached hydrogens (tertiary/aromatic N) is 1. The predicted molar refractivity (Wildman–Crippen MR) is 119 cm³/mol. The van der Waals surface area contributed by atoms with Crippen LogP contribution in [-0.2, 0) is 9.47 Å². The molecular formula is C23H28N4O5. The van der Waals surface area contributed by atoms with Crippen LogP contribution in [0.2, 0.25) is 0 Å². The number of carbonyl (C=O) groups excluding carboxylic acids is 1. The van der Waals surface area contributed by atoms with Crippen molar-refractivity contribution in [3.63, 3.8) is 0 Å². The first-order chi connectivity index (χ1) is 15.7. The summed E-state index contributed by atoms with van der Waals surface area (Å²) in [5, 5.41) is 9.54. The van der Waals surface area contributed by atoms with Crippen LogP contribution < -0.4 is 20.7 Å². The highest BCUT2D eigenvalue weighted by atomic mass is 16.6. The van der Waals surface area contributed by atoms with E-state index < -0.39 is 6.09 Å². The van der Waals surface area contributed by atoms with Crippen LogP contribution in [0.5, 0.6) is 5.75 Å². The lowest BCUT2D eigenvalue weighted by molar-refractivity contribution is 0.0836. The number of anilines is 1. The molecule has 1 atom stereocenters. The van der Waals surface area contributed by atoms with E-state index >= 15 is 0 Å². The molecule has 0 radical (unpaired) electrons. The van der Waals surface area contributed by atoms with Crippen LogP contribution >= 0.6 is 0 Å². The van der Waals surface area contributed by atoms with E-state index in [0.29, 0.717) is 37.9 Å². The lowest BCUT2D eigenvalue weighted by Crippen LogP contribution is -2.31. The van der Waals surface area contributed by atoms with Gasteiger partial charge in [-0.05, 0) is 36.6 Å². The lowest BCUT2D eigenvalue weighted by atomic mass is 10.0. The first-order valence-corrected chi connectivity index (χ1v) is 10.7. The molecule has 1 aliphatic heterocycles. The fraction of sp³-hybridized carbons (Fsp3) is 0.391. The molecule has 1 saturated heterocycles. The number of rotatable bonds is 9. The van der Waals surface area contributed by atoms with E-state index in [-0.39, 0.29) is 6.10 Å². The fourth-order valence-corrected chi connectivity index (χ4v) is 3.61. The minimum atomic E-state index is -0.394. The van der Waals surface area contributed by atoms with Crippen molar-refractivity contribution in [2.24, 2.45) is 0 Å². The molecule has 3 N–H and O–H groups in total. The number of carbonyl (C=O) groups is 1. The first-order valence-electron chi connectivity index (χ1n) is 10.7. The summed E-state index contributed by atoms with van der Waals surface area (Å²) in [6.45, 7) is 2.14. The maximum absolute atomic E-state index is 11.9. The number of alkyl carbamates (subject to hydrolysis) is 1. The van der Waals surface area contributed by atoms with Gasteiger partial charge in [0.2, 0.25) is 0 Å². The van der Waals surface area contributed by atoms with Gasteiger partial charge in [-0.1, -0.05) is 6.08 Å². The highest BCUT2D eigenvalue weighted by Crippen LogP contribution is 2.32. The number of oxazole rings is 1. The lowest BCUT2D eigenvalue weighted by Gasteiger charge is -2.18. The summed E-state index contributed by atoms with van der Waals surface area (Å²) < 4.78 is 21.4. The summed E-state index contributed by atoms with van der Waals surface area (Å²) in [5.74, 6) is 1.36. The molecule has 9 heteroatoms. The molecule has 1 aromatic carbocycles. The van der Waals surface area contributed by atoms with Crippen molar-refractivity contribution >= 4 is 11.8 Å². The summed E-state index contributed by atoms with van der Waals surface area (Å²) >= 11 is 0. The topological polar surface area (TPSA) is 107 Å². The molecule has 2 aliphatic rings. The van der Waals surface area contributed by atoms with E-state index in [9.17, 15) is 4.79 Å². The minimum absolute atomic E-state index is 0.137. The number of hydrogen-bond acceptors (Lipinski definition) is 8. The zero-order chi connectivity index (χ0) is 22.2. The van der Waals surface area contributed by atoms with E-state index in [1.54, 1.807) is 13.3 Å². The van der Waals surface area contributed by atoms with Gasteiger partial charge in [-0.25, -0.2) is 9.78 Å². The molecule has 1 aromatic heterocycles. The predicted octanol–water partition coefficient (Wildman–Crippen LogP) is 3.43. The number of benzene rings is 1. The molecule has 2 aromatic rings. The quantitative estimate of drug-likeness (QED) is 0.509. The second kappa shape index (κ2) is 10.7. The van der Waals surface area contributed by atoms with Gasteiger partial charge >= 0.3 is 6.09 Å². The third kappa shape index (κ3) is 5.82. The van der Waals surface area contributed by atoms with Gasteiger partial charge in [-0.3, -0.25) is 0 Å². The van der Waals surface area contributed by atoms with Gasteiger partial charge in [-0.2, -0.15) is 0 Å². The van der Waals surface area contributed by atoms with Crippen molar-refractivity contribution in [2.45, 2.75) is 25.4 Å². The van der Waals surface area contributed by atoms with Gasteiger partial charge in [-0.15, -0.1) is 0 Å². The van der Waals surface area contributed by atoms with Gasteiger partial charge in [0.05, 0.1) is 38.8 Å². The van der Waals surface area contributed by atoms with Gasteiger partial charge in [0.15, 0.2) is 12.2 Å². The summed E-state index contributed by atoms with van der Waals surface area (Å²) in [7, 11) is 1.63. The Balaban J connectivity index is 1.24. The summed E-state index contributed by atoms with van der Waals surface area (Å²) in [4.78, 5) is 15.9. The fourth-order valence-electron chi connectivity index (χ4n) is 3.61. The van der Waals surface area contributed by atoms with Gasteiger partial charge in [0.1, 0.15) is 11.9 Å². The van der Waals surface area contributed by atoms with Gasteiger partial charge < -0.3 is 34.6 Å². The molecular weight excluding hydrogens is 412 g/mol. The largest absolute Gasteiger partial charge is 0.496 e. The number of allylic oxidation sites excluding steroid dienone is 2. The molecule has 0 unspecified atom stereocenters. The van der Waals surface area contributed by atoms with Crippen molar-refractivity contribution < 1.29 is 23.4 Å². The van der Waals surface area contributed by atoms with Crippen molar-refractivity contribution in [3.8, 4) is 17.1 Å². The van der Waals surface area contributed by atoms with Crippen LogP contribution in [0.3, 0.4) is 0 Å². The van der Waals surface area contributed by atoms with Gasteiger partial charge in [0.25, 0.3) is 0 Å². The van der Waals surface area contributed by atoms with Crippen molar-refractivity contribution in [2.75, 3.05) is 38.9 Å². The number of hydrogen-bond donors (Lipinski definition) is 3. The summed E-state index contributed by atoms with van der Waals surface area (Å²) in [5.41, 5.74) is 3.92. The molecule has 0 saturated carbocycles. The van der Waals surface area contributed by atoms with Crippen molar-refractivity contribution in [1.82, 2.24) is 15.6 Å². The van der Waals surface area contributed by atoms with E-state index in [1.807, 2.05) is 18.2 Å². The maximum atomic E-state index is 11.9. The van der Waals surface area contributed by atoms with Crippen LogP contribution in [-0.4, -0.2) is 50.7 Å². The Hall–Kier alpha value is -3.46. The second-order valence-corrected chi connectivity index (χ2v) is 7.56. The molecule has 1 amide bonds. The average Bonchev–Trinajstić information content (AvgIpc) is 3.52. The molecule has 170 valence electrons. The number of amides is 1. The molecule has 4 rings (SSSR count). The highest BCUT2D eigenvalue weighted by Gasteiger charge is 2.20. The Kier molecular flexibility index (Phi) is 7.29. The Bertz CT molecular complexity index is 965. The number of nitrogens with one attached hydrogen (secondary N) is 3. The van der Waals surface area contributed by atoms with Crippen molar-refractivity contribution in [1.29, 1.82) is 0 Å².